The van der Waals surface area contributed by atoms with Crippen LogP contribution >= 0.6 is 11.6 Å². The van der Waals surface area contributed by atoms with Gasteiger partial charge in [0.25, 0.3) is 0 Å². The third-order valence-electron chi connectivity index (χ3n) is 4.86. The van der Waals surface area contributed by atoms with Gasteiger partial charge < -0.3 is 9.30 Å². The lowest BCUT2D eigenvalue weighted by molar-refractivity contribution is 0.301. The molecule has 0 aliphatic rings. The molecule has 0 aliphatic carbocycles. The van der Waals surface area contributed by atoms with Gasteiger partial charge >= 0.3 is 0 Å². The molecular weight excluding hydrogens is 368 g/mol. The van der Waals surface area contributed by atoms with Crippen LogP contribution in [0.3, 0.4) is 0 Å². The molecule has 0 spiro atoms. The molecule has 0 saturated carbocycles. The molecule has 142 valence electrons. The van der Waals surface area contributed by atoms with Gasteiger partial charge in [0.1, 0.15) is 11.6 Å². The first kappa shape index (κ1) is 18.6. The van der Waals surface area contributed by atoms with Gasteiger partial charge in [-0.15, -0.1) is 0 Å². The van der Waals surface area contributed by atoms with Crippen molar-refractivity contribution >= 4 is 22.6 Å². The Balaban J connectivity index is 1.47. The van der Waals surface area contributed by atoms with E-state index in [0.717, 1.165) is 47.1 Å². The van der Waals surface area contributed by atoms with E-state index in [-0.39, 0.29) is 0 Å². The third-order valence-corrected chi connectivity index (χ3v) is 5.29. The normalized spacial score (nSPS) is 11.1. The molecule has 0 saturated heterocycles. The zero-order chi connectivity index (χ0) is 19.3. The van der Waals surface area contributed by atoms with Crippen LogP contribution in [0.5, 0.6) is 5.75 Å². The van der Waals surface area contributed by atoms with E-state index < -0.39 is 0 Å². The predicted molar refractivity (Wildman–Crippen MR) is 115 cm³/mol. The third kappa shape index (κ3) is 4.20. The summed E-state index contributed by atoms with van der Waals surface area (Å²) in [7, 11) is 0. The number of ether oxygens (including phenoxy) is 1. The average molecular weight is 391 g/mol. The lowest BCUT2D eigenvalue weighted by atomic mass is 10.1. The van der Waals surface area contributed by atoms with Gasteiger partial charge in [-0.05, 0) is 54.8 Å². The summed E-state index contributed by atoms with van der Waals surface area (Å²) < 4.78 is 8.24. The molecule has 0 unspecified atom stereocenters. The highest BCUT2D eigenvalue weighted by molar-refractivity contribution is 6.31. The summed E-state index contributed by atoms with van der Waals surface area (Å²) in [5, 5.41) is 0.766. The number of rotatable bonds is 7. The first-order valence-electron chi connectivity index (χ1n) is 9.58. The Hall–Kier alpha value is -2.78. The highest BCUT2D eigenvalue weighted by Crippen LogP contribution is 2.22. The molecule has 0 atom stereocenters. The molecular formula is C24H23ClN2O. The molecule has 1 heterocycles. The number of hydrogen-bond acceptors (Lipinski definition) is 2. The first-order valence-corrected chi connectivity index (χ1v) is 9.95. The summed E-state index contributed by atoms with van der Waals surface area (Å²) in [6.07, 6.45) is 1.73. The first-order chi connectivity index (χ1) is 13.7. The lowest BCUT2D eigenvalue weighted by Gasteiger charge is -2.11. The molecule has 4 heteroatoms. The monoisotopic (exact) mass is 390 g/mol. The molecule has 0 N–H and O–H groups in total. The standard InChI is InChI=1S/C24H23ClN2O/c1-18-16-20(12-13-21(18)25)28-15-7-14-27-23-11-6-5-10-22(23)26-24(27)17-19-8-3-2-4-9-19/h2-6,8-13,16H,7,14-15,17H2,1H3. The Morgan fingerprint density at radius 2 is 1.75 bits per heavy atom. The summed E-state index contributed by atoms with van der Waals surface area (Å²) in [5.74, 6) is 1.96. The second-order valence-corrected chi connectivity index (χ2v) is 7.35. The minimum Gasteiger partial charge on any atom is -0.494 e. The van der Waals surface area contributed by atoms with E-state index in [9.17, 15) is 0 Å². The molecule has 3 nitrogen and oxygen atoms in total. The zero-order valence-electron chi connectivity index (χ0n) is 15.9. The van der Waals surface area contributed by atoms with Crippen LogP contribution in [0, 0.1) is 6.92 Å². The SMILES string of the molecule is Cc1cc(OCCCn2c(Cc3ccccc3)nc3ccccc32)ccc1Cl. The highest BCUT2D eigenvalue weighted by Gasteiger charge is 2.11. The number of hydrogen-bond donors (Lipinski definition) is 0. The van der Waals surface area contributed by atoms with Crippen molar-refractivity contribution in [3.8, 4) is 5.75 Å². The molecule has 4 aromatic rings. The summed E-state index contributed by atoms with van der Waals surface area (Å²) in [4.78, 5) is 4.87. The summed E-state index contributed by atoms with van der Waals surface area (Å²) >= 11 is 6.08. The molecule has 0 bridgehead atoms. The average Bonchev–Trinajstić information content (AvgIpc) is 3.06. The van der Waals surface area contributed by atoms with Crippen LogP contribution in [0.15, 0.2) is 72.8 Å². The van der Waals surface area contributed by atoms with Crippen LogP contribution in [0.2, 0.25) is 5.02 Å². The van der Waals surface area contributed by atoms with E-state index in [1.54, 1.807) is 0 Å². The van der Waals surface area contributed by atoms with Gasteiger partial charge in [0.2, 0.25) is 0 Å². The molecule has 4 rings (SSSR count). The van der Waals surface area contributed by atoms with E-state index in [1.165, 1.54) is 11.1 Å². The molecule has 0 fully saturated rings. The number of para-hydroxylation sites is 2. The maximum atomic E-state index is 6.08. The van der Waals surface area contributed by atoms with Crippen molar-refractivity contribution in [1.29, 1.82) is 0 Å². The minimum atomic E-state index is 0.651. The minimum absolute atomic E-state index is 0.651. The van der Waals surface area contributed by atoms with Gasteiger partial charge in [-0.3, -0.25) is 0 Å². The highest BCUT2D eigenvalue weighted by atomic mass is 35.5. The van der Waals surface area contributed by atoms with Crippen LogP contribution in [0.25, 0.3) is 11.0 Å². The van der Waals surface area contributed by atoms with Gasteiger partial charge in [0.15, 0.2) is 0 Å². The number of aromatic nitrogens is 2. The zero-order valence-corrected chi connectivity index (χ0v) is 16.7. The fourth-order valence-electron chi connectivity index (χ4n) is 3.41. The fourth-order valence-corrected chi connectivity index (χ4v) is 3.53. The van der Waals surface area contributed by atoms with Crippen LogP contribution in [0.4, 0.5) is 0 Å². The van der Waals surface area contributed by atoms with Crippen LogP contribution in [-0.4, -0.2) is 16.2 Å². The molecule has 28 heavy (non-hydrogen) atoms. The Kier molecular flexibility index (Phi) is 5.63. The smallest absolute Gasteiger partial charge is 0.119 e. The molecule has 0 amide bonds. The predicted octanol–water partition coefficient (Wildman–Crippen LogP) is 6.06. The maximum absolute atomic E-state index is 6.08. The van der Waals surface area contributed by atoms with Crippen molar-refractivity contribution in [1.82, 2.24) is 9.55 Å². The van der Waals surface area contributed by atoms with Crippen LogP contribution in [-0.2, 0) is 13.0 Å². The quantitative estimate of drug-likeness (QED) is 0.359. The molecule has 0 aliphatic heterocycles. The van der Waals surface area contributed by atoms with Crippen LogP contribution in [0.1, 0.15) is 23.4 Å². The maximum Gasteiger partial charge on any atom is 0.119 e. The number of aryl methyl sites for hydroxylation is 2. The Morgan fingerprint density at radius 3 is 2.57 bits per heavy atom. The number of halogens is 1. The number of fused-ring (bicyclic) bond motifs is 1. The van der Waals surface area contributed by atoms with E-state index in [2.05, 4.69) is 47.0 Å². The second-order valence-electron chi connectivity index (χ2n) is 6.94. The van der Waals surface area contributed by atoms with Crippen molar-refractivity contribution in [3.05, 3.63) is 94.8 Å². The van der Waals surface area contributed by atoms with Gasteiger partial charge in [0, 0.05) is 18.0 Å². The van der Waals surface area contributed by atoms with Crippen molar-refractivity contribution in [3.63, 3.8) is 0 Å². The largest absolute Gasteiger partial charge is 0.494 e. The van der Waals surface area contributed by atoms with E-state index >= 15 is 0 Å². The van der Waals surface area contributed by atoms with E-state index in [0.29, 0.717) is 6.61 Å². The summed E-state index contributed by atoms with van der Waals surface area (Å²) in [6.45, 7) is 3.51. The Morgan fingerprint density at radius 1 is 0.964 bits per heavy atom. The van der Waals surface area contributed by atoms with Gasteiger partial charge in [0.05, 0.1) is 17.6 Å². The number of imidazole rings is 1. The van der Waals surface area contributed by atoms with Gasteiger partial charge in [-0.2, -0.15) is 0 Å². The van der Waals surface area contributed by atoms with Crippen LogP contribution < -0.4 is 4.74 Å². The van der Waals surface area contributed by atoms with Crippen molar-refractivity contribution in [2.75, 3.05) is 6.61 Å². The fraction of sp³-hybridized carbons (Fsp3) is 0.208. The molecule has 1 aromatic heterocycles. The van der Waals surface area contributed by atoms with Crippen molar-refractivity contribution in [2.45, 2.75) is 26.3 Å². The molecule has 3 aromatic carbocycles. The van der Waals surface area contributed by atoms with E-state index in [4.69, 9.17) is 21.3 Å². The topological polar surface area (TPSA) is 27.1 Å². The van der Waals surface area contributed by atoms with Crippen molar-refractivity contribution in [2.24, 2.45) is 0 Å². The number of nitrogens with zero attached hydrogens (tertiary/aromatic N) is 2. The molecule has 0 radical (unpaired) electrons. The van der Waals surface area contributed by atoms with E-state index in [1.807, 2.05) is 37.3 Å². The summed E-state index contributed by atoms with van der Waals surface area (Å²) in [6, 6.07) is 24.6. The van der Waals surface area contributed by atoms with Gasteiger partial charge in [-0.25, -0.2) is 4.98 Å². The second kappa shape index (κ2) is 8.49. The van der Waals surface area contributed by atoms with Crippen molar-refractivity contribution < 1.29 is 4.74 Å². The number of benzene rings is 3. The summed E-state index contributed by atoms with van der Waals surface area (Å²) in [5.41, 5.74) is 4.52. The van der Waals surface area contributed by atoms with Gasteiger partial charge in [-0.1, -0.05) is 54.1 Å². The Bertz CT molecular complexity index is 1070. The Labute approximate surface area is 170 Å². The lowest BCUT2D eigenvalue weighted by Crippen LogP contribution is -2.08.